The number of hydrogen-bond donors (Lipinski definition) is 0. The molecule has 0 spiro atoms. The standard InChI is InChI=1S/C16H29NOSSi2/c1-8-19-16(18)15-12-10-9-11-14(15)13-17(20(2,3)4)21(5,6)7/h9-12H,8,13H2,1-7H3. The molecule has 0 aliphatic heterocycles. The summed E-state index contributed by atoms with van der Waals surface area (Å²) in [7, 11) is -2.81. The van der Waals surface area contributed by atoms with Gasteiger partial charge in [-0.15, -0.1) is 0 Å². The first-order valence-electron chi connectivity index (χ1n) is 7.60. The molecule has 0 unspecified atom stereocenters. The van der Waals surface area contributed by atoms with Gasteiger partial charge in [-0.1, -0.05) is 82.2 Å². The molecule has 0 heterocycles. The van der Waals surface area contributed by atoms with E-state index in [9.17, 15) is 4.79 Å². The van der Waals surface area contributed by atoms with Crippen molar-refractivity contribution < 1.29 is 4.79 Å². The average Bonchev–Trinajstić information content (AvgIpc) is 2.34. The first-order chi connectivity index (χ1) is 9.57. The Kier molecular flexibility index (Phi) is 6.46. The van der Waals surface area contributed by atoms with Crippen LogP contribution in [0.25, 0.3) is 0 Å². The van der Waals surface area contributed by atoms with E-state index in [1.807, 2.05) is 19.1 Å². The van der Waals surface area contributed by atoms with Crippen LogP contribution in [-0.2, 0) is 6.54 Å². The van der Waals surface area contributed by atoms with Crippen LogP contribution in [0.5, 0.6) is 0 Å². The molecule has 2 nitrogen and oxygen atoms in total. The molecule has 21 heavy (non-hydrogen) atoms. The number of thioether (sulfide) groups is 1. The van der Waals surface area contributed by atoms with Crippen LogP contribution in [0.4, 0.5) is 0 Å². The highest BCUT2D eigenvalue weighted by molar-refractivity contribution is 8.14. The Morgan fingerprint density at radius 3 is 2.05 bits per heavy atom. The van der Waals surface area contributed by atoms with Crippen LogP contribution < -0.4 is 0 Å². The largest absolute Gasteiger partial charge is 0.342 e. The zero-order chi connectivity index (χ0) is 16.3. The number of benzene rings is 1. The van der Waals surface area contributed by atoms with Crippen molar-refractivity contribution in [1.82, 2.24) is 4.23 Å². The van der Waals surface area contributed by atoms with Gasteiger partial charge in [0.15, 0.2) is 0 Å². The van der Waals surface area contributed by atoms with Gasteiger partial charge in [0, 0.05) is 12.1 Å². The van der Waals surface area contributed by atoms with Gasteiger partial charge >= 0.3 is 0 Å². The van der Waals surface area contributed by atoms with Gasteiger partial charge in [-0.2, -0.15) is 0 Å². The molecule has 0 aliphatic carbocycles. The summed E-state index contributed by atoms with van der Waals surface area (Å²) in [6.07, 6.45) is 0. The van der Waals surface area contributed by atoms with Gasteiger partial charge in [-0.3, -0.25) is 4.79 Å². The summed E-state index contributed by atoms with van der Waals surface area (Å²) in [4.78, 5) is 12.3. The summed E-state index contributed by atoms with van der Waals surface area (Å²) in [6.45, 7) is 17.3. The molecular weight excluding hydrogens is 310 g/mol. The van der Waals surface area contributed by atoms with E-state index in [2.05, 4.69) is 55.6 Å². The maximum atomic E-state index is 12.3. The van der Waals surface area contributed by atoms with Gasteiger partial charge < -0.3 is 4.23 Å². The summed E-state index contributed by atoms with van der Waals surface area (Å²) < 4.78 is 2.72. The van der Waals surface area contributed by atoms with E-state index in [0.717, 1.165) is 17.9 Å². The third-order valence-electron chi connectivity index (χ3n) is 3.46. The Balaban J connectivity index is 3.14. The van der Waals surface area contributed by atoms with Crippen molar-refractivity contribution in [3.05, 3.63) is 35.4 Å². The maximum absolute atomic E-state index is 12.3. The highest BCUT2D eigenvalue weighted by Crippen LogP contribution is 2.25. The molecule has 1 rings (SSSR count). The Labute approximate surface area is 136 Å². The van der Waals surface area contributed by atoms with Gasteiger partial charge in [0.1, 0.15) is 16.5 Å². The number of hydrogen-bond acceptors (Lipinski definition) is 3. The van der Waals surface area contributed by atoms with Crippen LogP contribution >= 0.6 is 11.8 Å². The zero-order valence-corrected chi connectivity index (χ0v) is 17.3. The van der Waals surface area contributed by atoms with E-state index in [1.54, 1.807) is 0 Å². The predicted molar refractivity (Wildman–Crippen MR) is 101 cm³/mol. The highest BCUT2D eigenvalue weighted by atomic mass is 32.2. The molecule has 0 aromatic heterocycles. The van der Waals surface area contributed by atoms with E-state index < -0.39 is 16.5 Å². The van der Waals surface area contributed by atoms with Crippen LogP contribution in [0.1, 0.15) is 22.8 Å². The molecule has 0 saturated carbocycles. The molecule has 0 bridgehead atoms. The van der Waals surface area contributed by atoms with Crippen molar-refractivity contribution in [3.8, 4) is 0 Å². The van der Waals surface area contributed by atoms with E-state index in [0.29, 0.717) is 0 Å². The molecular formula is C16H29NOSSi2. The third-order valence-corrected chi connectivity index (χ3v) is 11.8. The summed E-state index contributed by atoms with van der Waals surface area (Å²) in [6, 6.07) is 8.12. The van der Waals surface area contributed by atoms with Gasteiger partial charge in [-0.25, -0.2) is 0 Å². The molecule has 1 aromatic carbocycles. The van der Waals surface area contributed by atoms with Crippen molar-refractivity contribution in [2.24, 2.45) is 0 Å². The molecule has 0 amide bonds. The fourth-order valence-electron chi connectivity index (χ4n) is 2.72. The lowest BCUT2D eigenvalue weighted by Gasteiger charge is -2.43. The van der Waals surface area contributed by atoms with E-state index in [1.165, 1.54) is 17.3 Å². The summed E-state index contributed by atoms with van der Waals surface area (Å²) in [5.41, 5.74) is 2.08. The number of rotatable bonds is 6. The second kappa shape index (κ2) is 7.26. The van der Waals surface area contributed by atoms with Crippen LogP contribution in [0.15, 0.2) is 24.3 Å². The Hall–Kier alpha value is -0.366. The molecule has 0 fully saturated rings. The molecule has 0 aliphatic rings. The van der Waals surface area contributed by atoms with E-state index in [-0.39, 0.29) is 5.12 Å². The van der Waals surface area contributed by atoms with Crippen molar-refractivity contribution in [2.45, 2.75) is 52.8 Å². The average molecular weight is 340 g/mol. The Morgan fingerprint density at radius 2 is 1.57 bits per heavy atom. The molecule has 0 radical (unpaired) electrons. The maximum Gasteiger partial charge on any atom is 0.219 e. The second-order valence-corrected chi connectivity index (χ2v) is 18.8. The lowest BCUT2D eigenvalue weighted by Crippen LogP contribution is -2.58. The first kappa shape index (κ1) is 18.7. The molecule has 5 heteroatoms. The Morgan fingerprint density at radius 1 is 1.05 bits per heavy atom. The van der Waals surface area contributed by atoms with Crippen LogP contribution in [0.3, 0.4) is 0 Å². The zero-order valence-electron chi connectivity index (χ0n) is 14.5. The SMILES string of the molecule is CCSC(=O)c1ccccc1CN([Si](C)(C)C)[Si](C)(C)C. The fourth-order valence-corrected chi connectivity index (χ4v) is 12.7. The van der Waals surface area contributed by atoms with Gasteiger partial charge in [0.2, 0.25) is 5.12 Å². The highest BCUT2D eigenvalue weighted by Gasteiger charge is 2.34. The summed E-state index contributed by atoms with van der Waals surface area (Å²) >= 11 is 1.41. The lowest BCUT2D eigenvalue weighted by atomic mass is 10.1. The molecule has 0 atom stereocenters. The summed E-state index contributed by atoms with van der Waals surface area (Å²) in [5, 5.41) is 0.208. The minimum atomic E-state index is -1.40. The molecule has 1 aromatic rings. The van der Waals surface area contributed by atoms with Crippen LogP contribution in [-0.4, -0.2) is 31.6 Å². The van der Waals surface area contributed by atoms with Crippen molar-refractivity contribution >= 4 is 33.3 Å². The van der Waals surface area contributed by atoms with E-state index >= 15 is 0 Å². The monoisotopic (exact) mass is 339 g/mol. The van der Waals surface area contributed by atoms with Crippen molar-refractivity contribution in [3.63, 3.8) is 0 Å². The molecule has 0 N–H and O–H groups in total. The molecule has 118 valence electrons. The third kappa shape index (κ3) is 5.40. The van der Waals surface area contributed by atoms with Crippen molar-refractivity contribution in [1.29, 1.82) is 0 Å². The normalized spacial score (nSPS) is 12.8. The second-order valence-electron chi connectivity index (χ2n) is 7.31. The van der Waals surface area contributed by atoms with Crippen LogP contribution in [0, 0.1) is 0 Å². The smallest absolute Gasteiger partial charge is 0.219 e. The summed E-state index contributed by atoms with van der Waals surface area (Å²) in [5.74, 6) is 0.832. The first-order valence-corrected chi connectivity index (χ1v) is 15.5. The number of carbonyl (C=O) groups is 1. The van der Waals surface area contributed by atoms with Gasteiger partial charge in [0.25, 0.3) is 0 Å². The minimum Gasteiger partial charge on any atom is -0.342 e. The topological polar surface area (TPSA) is 20.3 Å². The minimum absolute atomic E-state index is 0.208. The Bertz CT molecular complexity index is 478. The quantitative estimate of drug-likeness (QED) is 0.676. The fraction of sp³-hybridized carbons (Fsp3) is 0.562. The number of carbonyl (C=O) groups excluding carboxylic acids is 1. The van der Waals surface area contributed by atoms with Crippen LogP contribution in [0.2, 0.25) is 39.3 Å². The van der Waals surface area contributed by atoms with Gasteiger partial charge in [0.05, 0.1) is 0 Å². The van der Waals surface area contributed by atoms with E-state index in [4.69, 9.17) is 0 Å². The molecule has 0 saturated heterocycles. The van der Waals surface area contributed by atoms with Gasteiger partial charge in [-0.05, 0) is 11.3 Å². The lowest BCUT2D eigenvalue weighted by molar-refractivity contribution is 0.108. The van der Waals surface area contributed by atoms with Crippen molar-refractivity contribution in [2.75, 3.05) is 5.75 Å². The number of nitrogens with zero attached hydrogens (tertiary/aromatic N) is 1. The predicted octanol–water partition coefficient (Wildman–Crippen LogP) is 5.05.